The summed E-state index contributed by atoms with van der Waals surface area (Å²) in [6.07, 6.45) is 17.1. The fourth-order valence-corrected chi connectivity index (χ4v) is 5.38. The Morgan fingerprint density at radius 3 is 2.00 bits per heavy atom. The highest BCUT2D eigenvalue weighted by Crippen LogP contribution is 2.39. The number of hydrogen-bond donors (Lipinski definition) is 0. The van der Waals surface area contributed by atoms with Gasteiger partial charge < -0.3 is 8.85 Å². The molecule has 4 heteroatoms. The second kappa shape index (κ2) is 10.9. The molecule has 0 spiro atoms. The van der Waals surface area contributed by atoms with Crippen LogP contribution in [0.3, 0.4) is 0 Å². The van der Waals surface area contributed by atoms with Crippen molar-refractivity contribution in [2.24, 2.45) is 5.92 Å². The maximum atomic E-state index is 6.53. The van der Waals surface area contributed by atoms with Gasteiger partial charge in [0.05, 0.1) is 6.10 Å². The van der Waals surface area contributed by atoms with Crippen molar-refractivity contribution in [1.82, 2.24) is 0 Å². The van der Waals surface area contributed by atoms with Crippen molar-refractivity contribution < 1.29 is 8.85 Å². The molecular weight excluding hydrogens is 388 g/mol. The molecule has 1 aliphatic carbocycles. The third-order valence-electron chi connectivity index (χ3n) is 7.25. The maximum absolute atomic E-state index is 6.53. The molecule has 0 aromatic heterocycles. The minimum absolute atomic E-state index is 0.282. The van der Waals surface area contributed by atoms with Crippen LogP contribution in [0, 0.1) is 5.92 Å². The van der Waals surface area contributed by atoms with Gasteiger partial charge in [0.1, 0.15) is 0 Å². The van der Waals surface area contributed by atoms with Gasteiger partial charge in [-0.05, 0) is 67.9 Å². The van der Waals surface area contributed by atoms with Gasteiger partial charge in [-0.3, -0.25) is 0 Å². The Kier molecular flexibility index (Phi) is 10.1. The van der Waals surface area contributed by atoms with Crippen molar-refractivity contribution in [2.75, 3.05) is 6.61 Å². The van der Waals surface area contributed by atoms with Crippen molar-refractivity contribution in [3.8, 4) is 0 Å². The summed E-state index contributed by atoms with van der Waals surface area (Å²) in [6, 6.07) is 0. The zero-order valence-corrected chi connectivity index (χ0v) is 23.2. The lowest BCUT2D eigenvalue weighted by Crippen LogP contribution is -2.43. The van der Waals surface area contributed by atoms with E-state index in [0.29, 0.717) is 17.1 Å². The molecule has 0 radical (unpaired) electrons. The fraction of sp³-hybridized carbons (Fsp3) is 0.840. The molecular formula is C25H50O2Si2. The smallest absolute Gasteiger partial charge is 0.192 e. The predicted molar refractivity (Wildman–Crippen MR) is 135 cm³/mol. The molecule has 29 heavy (non-hydrogen) atoms. The van der Waals surface area contributed by atoms with Gasteiger partial charge in [0, 0.05) is 6.61 Å². The first kappa shape index (κ1) is 26.9. The third kappa shape index (κ3) is 9.24. The van der Waals surface area contributed by atoms with E-state index < -0.39 is 16.6 Å². The first-order valence-electron chi connectivity index (χ1n) is 11.8. The van der Waals surface area contributed by atoms with Crippen LogP contribution in [0.15, 0.2) is 24.3 Å². The molecule has 0 unspecified atom stereocenters. The van der Waals surface area contributed by atoms with Gasteiger partial charge in [-0.15, -0.1) is 0 Å². The van der Waals surface area contributed by atoms with Crippen molar-refractivity contribution in [2.45, 2.75) is 122 Å². The van der Waals surface area contributed by atoms with Crippen LogP contribution >= 0.6 is 0 Å². The number of allylic oxidation sites excluding steroid dienone is 3. The fourth-order valence-electron chi connectivity index (χ4n) is 3.01. The normalized spacial score (nSPS) is 21.4. The molecule has 0 aromatic rings. The summed E-state index contributed by atoms with van der Waals surface area (Å²) < 4.78 is 12.8. The van der Waals surface area contributed by atoms with Crippen LogP contribution in [-0.2, 0) is 8.85 Å². The van der Waals surface area contributed by atoms with E-state index in [9.17, 15) is 0 Å². The molecule has 1 rings (SSSR count). The van der Waals surface area contributed by atoms with Crippen LogP contribution in [0.25, 0.3) is 0 Å². The average molecular weight is 439 g/mol. The standard InChI is InChI=1S/C25H50O2Si2/c1-24(2,3)28(7,8)26-20-16-14-12-11-13-15-17-22-18-19-23(21-22)27-29(9,10)25(4,5)6/h15,17-19,22-23H,11-14,16,20-21H2,1-10H3/t22-,23-/m0/s1. The maximum Gasteiger partial charge on any atom is 0.192 e. The summed E-state index contributed by atoms with van der Waals surface area (Å²) in [5.74, 6) is 0.558. The monoisotopic (exact) mass is 438 g/mol. The van der Waals surface area contributed by atoms with Crippen LogP contribution in [0.4, 0.5) is 0 Å². The van der Waals surface area contributed by atoms with E-state index in [4.69, 9.17) is 8.85 Å². The second-order valence-corrected chi connectivity index (χ2v) is 21.5. The molecule has 1 aliphatic rings. The Balaban J connectivity index is 2.14. The molecule has 2 nitrogen and oxygen atoms in total. The summed E-state index contributed by atoms with van der Waals surface area (Å²) in [6.45, 7) is 24.2. The van der Waals surface area contributed by atoms with Gasteiger partial charge >= 0.3 is 0 Å². The quantitative estimate of drug-likeness (QED) is 0.183. The summed E-state index contributed by atoms with van der Waals surface area (Å²) in [4.78, 5) is 0. The number of hydrogen-bond acceptors (Lipinski definition) is 2. The average Bonchev–Trinajstić information content (AvgIpc) is 2.97. The van der Waals surface area contributed by atoms with E-state index >= 15 is 0 Å². The Bertz CT molecular complexity index is 536. The Labute approximate surface area is 184 Å². The Morgan fingerprint density at radius 1 is 0.828 bits per heavy atom. The highest BCUT2D eigenvalue weighted by atomic mass is 28.4. The lowest BCUT2D eigenvalue weighted by molar-refractivity contribution is 0.218. The van der Waals surface area contributed by atoms with E-state index in [1.165, 1.54) is 32.1 Å². The van der Waals surface area contributed by atoms with Gasteiger partial charge in [-0.2, -0.15) is 0 Å². The summed E-state index contributed by atoms with van der Waals surface area (Å²) in [7, 11) is -3.22. The molecule has 0 N–H and O–H groups in total. The van der Waals surface area contributed by atoms with Gasteiger partial charge in [0.25, 0.3) is 0 Å². The molecule has 0 aliphatic heterocycles. The molecule has 0 fully saturated rings. The van der Waals surface area contributed by atoms with Gasteiger partial charge in [-0.25, -0.2) is 0 Å². The molecule has 170 valence electrons. The minimum Gasteiger partial charge on any atom is -0.417 e. The summed E-state index contributed by atoms with van der Waals surface area (Å²) in [5.41, 5.74) is 0. The molecule has 0 heterocycles. The van der Waals surface area contributed by atoms with Crippen molar-refractivity contribution >= 4 is 16.6 Å². The lowest BCUT2D eigenvalue weighted by Gasteiger charge is -2.38. The SMILES string of the molecule is CC(C)(C)[Si](C)(C)OCCCCCCC=C[C@H]1C=C[C@H](O[Si](C)(C)C(C)(C)C)C1. The summed E-state index contributed by atoms with van der Waals surface area (Å²) >= 11 is 0. The summed E-state index contributed by atoms with van der Waals surface area (Å²) in [5, 5.41) is 0.603. The van der Waals surface area contributed by atoms with Crippen LogP contribution in [0.1, 0.15) is 80.1 Å². The van der Waals surface area contributed by atoms with Crippen molar-refractivity contribution in [3.05, 3.63) is 24.3 Å². The second-order valence-electron chi connectivity index (χ2n) is 11.9. The third-order valence-corrected chi connectivity index (χ3v) is 16.3. The highest BCUT2D eigenvalue weighted by Gasteiger charge is 2.39. The zero-order chi connectivity index (χ0) is 22.3. The molecule has 0 saturated carbocycles. The number of unbranched alkanes of at least 4 members (excludes halogenated alkanes) is 4. The van der Waals surface area contributed by atoms with E-state index in [2.05, 4.69) is 92.0 Å². The number of rotatable bonds is 11. The molecule has 0 saturated heterocycles. The van der Waals surface area contributed by atoms with Crippen molar-refractivity contribution in [1.29, 1.82) is 0 Å². The molecule has 0 aromatic carbocycles. The molecule has 0 bridgehead atoms. The first-order valence-corrected chi connectivity index (χ1v) is 17.6. The van der Waals surface area contributed by atoms with Gasteiger partial charge in [0.2, 0.25) is 0 Å². The van der Waals surface area contributed by atoms with Gasteiger partial charge in [-0.1, -0.05) is 78.7 Å². The van der Waals surface area contributed by atoms with Crippen LogP contribution in [-0.4, -0.2) is 29.3 Å². The van der Waals surface area contributed by atoms with E-state index in [1.807, 2.05) is 0 Å². The Hall–Kier alpha value is -0.166. The van der Waals surface area contributed by atoms with Crippen molar-refractivity contribution in [3.63, 3.8) is 0 Å². The van der Waals surface area contributed by atoms with Gasteiger partial charge in [0.15, 0.2) is 16.6 Å². The van der Waals surface area contributed by atoms with Crippen LogP contribution in [0.5, 0.6) is 0 Å². The van der Waals surface area contributed by atoms with Crippen LogP contribution in [0.2, 0.25) is 36.3 Å². The first-order chi connectivity index (χ1) is 13.2. The predicted octanol–water partition coefficient (Wildman–Crippen LogP) is 8.48. The molecule has 2 atom stereocenters. The van der Waals surface area contributed by atoms with E-state index in [1.54, 1.807) is 0 Å². The minimum atomic E-state index is -1.67. The molecule has 0 amide bonds. The topological polar surface area (TPSA) is 18.5 Å². The lowest BCUT2D eigenvalue weighted by atomic mass is 10.1. The largest absolute Gasteiger partial charge is 0.417 e. The highest BCUT2D eigenvalue weighted by molar-refractivity contribution is 6.74. The zero-order valence-electron chi connectivity index (χ0n) is 21.2. The van der Waals surface area contributed by atoms with E-state index in [-0.39, 0.29) is 5.04 Å². The van der Waals surface area contributed by atoms with E-state index in [0.717, 1.165) is 13.0 Å². The Morgan fingerprint density at radius 2 is 1.41 bits per heavy atom. The van der Waals surface area contributed by atoms with Crippen LogP contribution < -0.4 is 0 Å².